The molecule has 1 aromatic carbocycles. The molecule has 9 heteroatoms. The maximum Gasteiger partial charge on any atom is 0.236 e. The van der Waals surface area contributed by atoms with Crippen LogP contribution in [0.5, 0.6) is 5.88 Å². The Bertz CT molecular complexity index is 1460. The van der Waals surface area contributed by atoms with E-state index in [1.165, 1.54) is 11.1 Å². The highest BCUT2D eigenvalue weighted by molar-refractivity contribution is 5.77. The second-order valence-electron chi connectivity index (χ2n) is 11.2. The van der Waals surface area contributed by atoms with Crippen LogP contribution in [0.25, 0.3) is 17.5 Å². The lowest BCUT2D eigenvalue weighted by atomic mass is 9.86. The number of allylic oxidation sites excluding steroid dienone is 3. The highest BCUT2D eigenvalue weighted by Crippen LogP contribution is 2.35. The number of aromatic nitrogens is 3. The third kappa shape index (κ3) is 8.27. The zero-order valence-electron chi connectivity index (χ0n) is 26.2. The Hall–Kier alpha value is -4.08. The fraction of sp³-hybridized carbons (Fsp3) is 0.412. The number of carbonyl (C=O) groups is 1. The van der Waals surface area contributed by atoms with Gasteiger partial charge in [0.2, 0.25) is 11.8 Å². The van der Waals surface area contributed by atoms with Crippen molar-refractivity contribution < 1.29 is 14.6 Å². The summed E-state index contributed by atoms with van der Waals surface area (Å²) in [5.41, 5.74) is 6.14. The van der Waals surface area contributed by atoms with Gasteiger partial charge in [-0.15, -0.1) is 0 Å². The van der Waals surface area contributed by atoms with Gasteiger partial charge in [0.05, 0.1) is 37.8 Å². The summed E-state index contributed by atoms with van der Waals surface area (Å²) in [5, 5.41) is 14.4. The molecule has 0 saturated carbocycles. The van der Waals surface area contributed by atoms with E-state index in [1.807, 2.05) is 24.3 Å². The second kappa shape index (κ2) is 14.9. The molecule has 2 aromatic heterocycles. The minimum absolute atomic E-state index is 0.147. The van der Waals surface area contributed by atoms with Gasteiger partial charge >= 0.3 is 0 Å². The molecule has 9 nitrogen and oxygen atoms in total. The van der Waals surface area contributed by atoms with Crippen LogP contribution in [0.1, 0.15) is 67.4 Å². The van der Waals surface area contributed by atoms with E-state index in [2.05, 4.69) is 58.3 Å². The summed E-state index contributed by atoms with van der Waals surface area (Å²) in [5.74, 6) is 1.56. The maximum atomic E-state index is 12.1. The fourth-order valence-corrected chi connectivity index (χ4v) is 5.40. The molecule has 1 aliphatic heterocycles. The normalized spacial score (nSPS) is 15.2. The lowest BCUT2D eigenvalue weighted by molar-refractivity contribution is -0.130. The average molecular weight is 585 g/mol. The summed E-state index contributed by atoms with van der Waals surface area (Å²) >= 11 is 0. The largest absolute Gasteiger partial charge is 0.480 e. The van der Waals surface area contributed by atoms with Gasteiger partial charge in [0, 0.05) is 25.3 Å². The van der Waals surface area contributed by atoms with Crippen molar-refractivity contribution in [1.29, 1.82) is 0 Å². The predicted molar refractivity (Wildman–Crippen MR) is 172 cm³/mol. The molecule has 1 amide bonds. The van der Waals surface area contributed by atoms with Crippen LogP contribution in [0.15, 0.2) is 54.9 Å². The van der Waals surface area contributed by atoms with E-state index in [1.54, 1.807) is 45.4 Å². The molecule has 3 heterocycles. The Morgan fingerprint density at radius 1 is 1.16 bits per heavy atom. The number of hydrogen-bond acceptors (Lipinski definition) is 8. The summed E-state index contributed by atoms with van der Waals surface area (Å²) < 4.78 is 5.29. The number of pyridine rings is 1. The van der Waals surface area contributed by atoms with Gasteiger partial charge in [-0.05, 0) is 87.0 Å². The molecule has 0 aliphatic carbocycles. The van der Waals surface area contributed by atoms with Gasteiger partial charge in [-0.1, -0.05) is 37.3 Å². The fourth-order valence-electron chi connectivity index (χ4n) is 5.40. The molecular weight excluding hydrogens is 540 g/mol. The van der Waals surface area contributed by atoms with Gasteiger partial charge < -0.3 is 20.1 Å². The Labute approximate surface area is 255 Å². The predicted octanol–water partition coefficient (Wildman–Crippen LogP) is 5.90. The van der Waals surface area contributed by atoms with Crippen LogP contribution in [0, 0.1) is 6.92 Å². The molecule has 4 rings (SSSR count). The second-order valence-corrected chi connectivity index (χ2v) is 11.2. The molecule has 228 valence electrons. The number of piperidine rings is 1. The first-order valence-electron chi connectivity index (χ1n) is 14.9. The van der Waals surface area contributed by atoms with E-state index in [-0.39, 0.29) is 5.91 Å². The number of likely N-dealkylation sites (tertiary alicyclic amines) is 1. The van der Waals surface area contributed by atoms with Crippen LogP contribution < -0.4 is 10.1 Å². The topological polar surface area (TPSA) is 104 Å². The van der Waals surface area contributed by atoms with E-state index in [0.717, 1.165) is 43.6 Å². The molecule has 1 fully saturated rings. The number of hydrogen-bond donors (Lipinski definition) is 2. The van der Waals surface area contributed by atoms with E-state index in [0.29, 0.717) is 41.1 Å². The summed E-state index contributed by atoms with van der Waals surface area (Å²) in [6.45, 7) is 8.28. The number of amides is 1. The van der Waals surface area contributed by atoms with Crippen LogP contribution >= 0.6 is 0 Å². The quantitative estimate of drug-likeness (QED) is 0.269. The number of nitrogens with one attached hydrogen (secondary N) is 1. The summed E-state index contributed by atoms with van der Waals surface area (Å²) in [7, 11) is 5.17. The van der Waals surface area contributed by atoms with E-state index in [4.69, 9.17) is 9.72 Å². The van der Waals surface area contributed by atoms with Gasteiger partial charge in [0.1, 0.15) is 11.5 Å². The number of aliphatic hydroxyl groups excluding tert-OH is 1. The maximum absolute atomic E-state index is 12.1. The Balaban J connectivity index is 1.63. The van der Waals surface area contributed by atoms with Gasteiger partial charge in [-0.25, -0.2) is 9.97 Å². The Kier molecular flexibility index (Phi) is 11.0. The molecule has 1 saturated heterocycles. The van der Waals surface area contributed by atoms with Crippen molar-refractivity contribution in [2.75, 3.05) is 46.2 Å². The first kappa shape index (κ1) is 31.8. The summed E-state index contributed by atoms with van der Waals surface area (Å²) in [4.78, 5) is 29.8. The minimum atomic E-state index is -0.764. The highest BCUT2D eigenvalue weighted by Gasteiger charge is 2.24. The SMILES string of the molecule is CC/C=C/C=C\c1cc(-c2cncc(OC)n2)nc(Nc2ccc(C3CCN(CC(=O)N(C)C)CC3)c(C)c2)c1C(C)O. The highest BCUT2D eigenvalue weighted by atomic mass is 16.5. The van der Waals surface area contributed by atoms with E-state index < -0.39 is 6.10 Å². The molecular formula is C34H44N6O3. The van der Waals surface area contributed by atoms with Crippen LogP contribution in [0.2, 0.25) is 0 Å². The number of rotatable bonds is 11. The van der Waals surface area contributed by atoms with Gasteiger partial charge in [-0.2, -0.15) is 0 Å². The van der Waals surface area contributed by atoms with Crippen molar-refractivity contribution in [3.8, 4) is 17.3 Å². The van der Waals surface area contributed by atoms with Crippen LogP contribution in [0.4, 0.5) is 11.5 Å². The number of methoxy groups -OCH3 is 1. The summed E-state index contributed by atoms with van der Waals surface area (Å²) in [6, 6.07) is 8.33. The van der Waals surface area contributed by atoms with Crippen molar-refractivity contribution in [3.05, 3.63) is 77.1 Å². The standard InChI is InChI=1S/C34H44N6O3/c1-7-8-9-10-11-26-19-29(30-20-35-21-31(37-30)43-6)38-34(33(26)24(3)41)36-27-12-13-28(23(2)18-27)25-14-16-40(17-15-25)22-32(42)39(4)5/h8-13,18-21,24-25,41H,7,14-17,22H2,1-6H3,(H,36,38)/b9-8+,11-10-. The summed E-state index contributed by atoms with van der Waals surface area (Å²) in [6.07, 6.45) is 13.4. The van der Waals surface area contributed by atoms with Gasteiger partial charge in [0.15, 0.2) is 0 Å². The van der Waals surface area contributed by atoms with Gasteiger partial charge in [0.25, 0.3) is 0 Å². The zero-order valence-corrected chi connectivity index (χ0v) is 26.2. The van der Waals surface area contributed by atoms with E-state index in [9.17, 15) is 9.90 Å². The Morgan fingerprint density at radius 2 is 1.93 bits per heavy atom. The molecule has 1 atom stereocenters. The van der Waals surface area contributed by atoms with Crippen molar-refractivity contribution in [1.82, 2.24) is 24.8 Å². The molecule has 0 bridgehead atoms. The van der Waals surface area contributed by atoms with Crippen LogP contribution in [0.3, 0.4) is 0 Å². The lowest BCUT2D eigenvalue weighted by Crippen LogP contribution is -2.40. The van der Waals surface area contributed by atoms with Crippen LogP contribution in [-0.4, -0.2) is 76.6 Å². The number of nitrogens with zero attached hydrogens (tertiary/aromatic N) is 5. The minimum Gasteiger partial charge on any atom is -0.480 e. The molecule has 43 heavy (non-hydrogen) atoms. The third-order valence-corrected chi connectivity index (χ3v) is 7.77. The number of ether oxygens (including phenoxy) is 1. The Morgan fingerprint density at radius 3 is 2.58 bits per heavy atom. The molecule has 3 aromatic rings. The monoisotopic (exact) mass is 584 g/mol. The van der Waals surface area contributed by atoms with Gasteiger partial charge in [-0.3, -0.25) is 14.7 Å². The molecule has 2 N–H and O–H groups in total. The van der Waals surface area contributed by atoms with Crippen LogP contribution in [-0.2, 0) is 4.79 Å². The molecule has 0 spiro atoms. The molecule has 1 unspecified atom stereocenters. The first-order valence-corrected chi connectivity index (χ1v) is 14.9. The smallest absolute Gasteiger partial charge is 0.236 e. The molecule has 0 radical (unpaired) electrons. The van der Waals surface area contributed by atoms with Crippen molar-refractivity contribution in [2.45, 2.75) is 52.1 Å². The number of aryl methyl sites for hydroxylation is 1. The number of anilines is 2. The number of carbonyl (C=O) groups excluding carboxylic acids is 1. The first-order chi connectivity index (χ1) is 20.7. The average Bonchev–Trinajstić information content (AvgIpc) is 2.99. The van der Waals surface area contributed by atoms with E-state index >= 15 is 0 Å². The number of benzene rings is 1. The van der Waals surface area contributed by atoms with Crippen molar-refractivity contribution >= 4 is 23.5 Å². The van der Waals surface area contributed by atoms with Crippen molar-refractivity contribution in [3.63, 3.8) is 0 Å². The molecule has 1 aliphatic rings. The lowest BCUT2D eigenvalue weighted by Gasteiger charge is -2.33. The third-order valence-electron chi connectivity index (χ3n) is 7.77. The number of aliphatic hydroxyl groups is 1. The van der Waals surface area contributed by atoms with Crippen molar-refractivity contribution in [2.24, 2.45) is 0 Å². The number of likely N-dealkylation sites (N-methyl/N-ethyl adjacent to an activating group) is 1. The zero-order chi connectivity index (χ0) is 30.9.